The molecule has 0 fully saturated rings. The molecule has 0 atom stereocenters. The minimum Gasteiger partial charge on any atom is -0.460 e. The summed E-state index contributed by atoms with van der Waals surface area (Å²) in [6.45, 7) is 0.0186. The predicted molar refractivity (Wildman–Crippen MR) is 80.0 cm³/mol. The Morgan fingerprint density at radius 2 is 1.67 bits per heavy atom. The lowest BCUT2D eigenvalue weighted by molar-refractivity contribution is -0.143. The van der Waals surface area contributed by atoms with Gasteiger partial charge in [0.25, 0.3) is 5.91 Å². The Hall–Kier alpha value is -2.33. The van der Waals surface area contributed by atoms with E-state index in [4.69, 9.17) is 16.3 Å². The van der Waals surface area contributed by atoms with Gasteiger partial charge in [-0.3, -0.25) is 9.59 Å². The first kappa shape index (κ1) is 15.1. The van der Waals surface area contributed by atoms with Crippen LogP contribution in [0.2, 0.25) is 5.02 Å². The number of esters is 1. The molecule has 1 N–H and O–H groups in total. The summed E-state index contributed by atoms with van der Waals surface area (Å²) in [6.07, 6.45) is 0. The van der Waals surface area contributed by atoms with Crippen LogP contribution in [0.3, 0.4) is 0 Å². The van der Waals surface area contributed by atoms with Crippen LogP contribution in [0.4, 0.5) is 0 Å². The summed E-state index contributed by atoms with van der Waals surface area (Å²) in [5, 5.41) is 3.05. The summed E-state index contributed by atoms with van der Waals surface area (Å²) in [7, 11) is 0. The second kappa shape index (κ2) is 7.45. The minimum absolute atomic E-state index is 0.172. The van der Waals surface area contributed by atoms with Crippen molar-refractivity contribution in [3.05, 3.63) is 70.7 Å². The topological polar surface area (TPSA) is 55.4 Å². The van der Waals surface area contributed by atoms with Gasteiger partial charge in [-0.1, -0.05) is 41.9 Å². The van der Waals surface area contributed by atoms with Crippen LogP contribution < -0.4 is 5.32 Å². The highest BCUT2D eigenvalue weighted by Crippen LogP contribution is 2.09. The van der Waals surface area contributed by atoms with Crippen molar-refractivity contribution in [1.82, 2.24) is 5.32 Å². The zero-order valence-corrected chi connectivity index (χ0v) is 12.0. The van der Waals surface area contributed by atoms with Gasteiger partial charge in [-0.05, 0) is 29.8 Å². The van der Waals surface area contributed by atoms with Gasteiger partial charge in [-0.25, -0.2) is 0 Å². The van der Waals surface area contributed by atoms with E-state index < -0.39 is 5.97 Å². The highest BCUT2D eigenvalue weighted by Gasteiger charge is 2.08. The van der Waals surface area contributed by atoms with Gasteiger partial charge in [-0.2, -0.15) is 0 Å². The molecular formula is C16H14ClNO3. The van der Waals surface area contributed by atoms with Gasteiger partial charge in [0.15, 0.2) is 0 Å². The average Bonchev–Trinajstić information content (AvgIpc) is 2.52. The molecule has 108 valence electrons. The summed E-state index contributed by atoms with van der Waals surface area (Å²) in [6, 6.07) is 15.8. The number of halogens is 1. The molecule has 5 heteroatoms. The molecule has 4 nitrogen and oxygen atoms in total. The lowest BCUT2D eigenvalue weighted by Gasteiger charge is -2.06. The van der Waals surface area contributed by atoms with Gasteiger partial charge < -0.3 is 10.1 Å². The Morgan fingerprint density at radius 3 is 2.33 bits per heavy atom. The van der Waals surface area contributed by atoms with Crippen molar-refractivity contribution in [3.8, 4) is 0 Å². The summed E-state index contributed by atoms with van der Waals surface area (Å²) < 4.78 is 5.06. The van der Waals surface area contributed by atoms with Crippen molar-refractivity contribution in [1.29, 1.82) is 0 Å². The van der Waals surface area contributed by atoms with E-state index in [-0.39, 0.29) is 19.1 Å². The van der Waals surface area contributed by atoms with Crippen LogP contribution in [0.25, 0.3) is 0 Å². The normalized spacial score (nSPS) is 9.95. The second-order valence-corrected chi connectivity index (χ2v) is 4.77. The molecular weight excluding hydrogens is 290 g/mol. The third-order valence-electron chi connectivity index (χ3n) is 2.74. The molecule has 2 aromatic carbocycles. The largest absolute Gasteiger partial charge is 0.460 e. The number of ether oxygens (including phenoxy) is 1. The molecule has 0 spiro atoms. The molecule has 0 aliphatic carbocycles. The Kier molecular flexibility index (Phi) is 5.35. The van der Waals surface area contributed by atoms with Gasteiger partial charge in [-0.15, -0.1) is 0 Å². The lowest BCUT2D eigenvalue weighted by atomic mass is 10.2. The predicted octanol–water partition coefficient (Wildman–Crippen LogP) is 2.81. The van der Waals surface area contributed by atoms with Crippen LogP contribution >= 0.6 is 11.6 Å². The van der Waals surface area contributed by atoms with E-state index in [1.165, 1.54) is 0 Å². The summed E-state index contributed by atoms with van der Waals surface area (Å²) in [4.78, 5) is 23.3. The molecule has 1 amide bonds. The van der Waals surface area contributed by atoms with Crippen molar-refractivity contribution in [2.75, 3.05) is 6.54 Å². The van der Waals surface area contributed by atoms with Crippen molar-refractivity contribution >= 4 is 23.5 Å². The number of amides is 1. The van der Waals surface area contributed by atoms with E-state index >= 15 is 0 Å². The summed E-state index contributed by atoms with van der Waals surface area (Å²) in [5.74, 6) is -0.829. The maximum atomic E-state index is 11.8. The Balaban J connectivity index is 1.76. The summed E-state index contributed by atoms with van der Waals surface area (Å²) >= 11 is 5.74. The number of benzene rings is 2. The zero-order chi connectivity index (χ0) is 15.1. The molecule has 0 unspecified atom stereocenters. The van der Waals surface area contributed by atoms with Gasteiger partial charge in [0, 0.05) is 10.6 Å². The molecule has 21 heavy (non-hydrogen) atoms. The molecule has 0 radical (unpaired) electrons. The molecule has 0 saturated heterocycles. The number of nitrogens with one attached hydrogen (secondary N) is 1. The standard InChI is InChI=1S/C16H14ClNO3/c17-14-8-6-13(7-9-14)16(20)18-10-15(19)21-11-12-4-2-1-3-5-12/h1-9H,10-11H2,(H,18,20). The highest BCUT2D eigenvalue weighted by atomic mass is 35.5. The first-order valence-corrected chi connectivity index (χ1v) is 6.76. The quantitative estimate of drug-likeness (QED) is 0.864. The van der Waals surface area contributed by atoms with Crippen molar-refractivity contribution in [2.45, 2.75) is 6.61 Å². The first-order valence-electron chi connectivity index (χ1n) is 6.38. The molecule has 0 saturated carbocycles. The molecule has 0 bridgehead atoms. The number of carbonyl (C=O) groups is 2. The molecule has 0 aliphatic rings. The number of carbonyl (C=O) groups excluding carboxylic acids is 2. The Bertz CT molecular complexity index is 611. The fourth-order valence-electron chi connectivity index (χ4n) is 1.64. The van der Waals surface area contributed by atoms with Crippen LogP contribution in [0.5, 0.6) is 0 Å². The highest BCUT2D eigenvalue weighted by molar-refractivity contribution is 6.30. The fourth-order valence-corrected chi connectivity index (χ4v) is 1.77. The van der Waals surface area contributed by atoms with Crippen molar-refractivity contribution < 1.29 is 14.3 Å². The van der Waals surface area contributed by atoms with E-state index in [9.17, 15) is 9.59 Å². The van der Waals surface area contributed by atoms with Gasteiger partial charge >= 0.3 is 5.97 Å². The van der Waals surface area contributed by atoms with Crippen LogP contribution in [0, 0.1) is 0 Å². The Morgan fingerprint density at radius 1 is 1.00 bits per heavy atom. The lowest BCUT2D eigenvalue weighted by Crippen LogP contribution is -2.30. The Labute approximate surface area is 127 Å². The van der Waals surface area contributed by atoms with Crippen molar-refractivity contribution in [2.24, 2.45) is 0 Å². The van der Waals surface area contributed by atoms with Gasteiger partial charge in [0.2, 0.25) is 0 Å². The molecule has 2 rings (SSSR count). The van der Waals surface area contributed by atoms with Crippen LogP contribution in [-0.2, 0) is 16.1 Å². The minimum atomic E-state index is -0.485. The van der Waals surface area contributed by atoms with Crippen molar-refractivity contribution in [3.63, 3.8) is 0 Å². The fraction of sp³-hybridized carbons (Fsp3) is 0.125. The summed E-state index contributed by atoms with van der Waals surface area (Å²) in [5.41, 5.74) is 1.34. The molecule has 0 heterocycles. The smallest absolute Gasteiger partial charge is 0.325 e. The van der Waals surface area contributed by atoms with E-state index in [2.05, 4.69) is 5.32 Å². The maximum absolute atomic E-state index is 11.8. The average molecular weight is 304 g/mol. The van der Waals surface area contributed by atoms with E-state index in [1.54, 1.807) is 24.3 Å². The zero-order valence-electron chi connectivity index (χ0n) is 11.2. The van der Waals surface area contributed by atoms with Gasteiger partial charge in [0.05, 0.1) is 0 Å². The van der Waals surface area contributed by atoms with Crippen LogP contribution in [0.15, 0.2) is 54.6 Å². The molecule has 0 aromatic heterocycles. The number of rotatable bonds is 5. The van der Waals surface area contributed by atoms with Gasteiger partial charge in [0.1, 0.15) is 13.2 Å². The van der Waals surface area contributed by atoms with Crippen LogP contribution in [0.1, 0.15) is 15.9 Å². The van der Waals surface area contributed by atoms with E-state index in [1.807, 2.05) is 30.3 Å². The van der Waals surface area contributed by atoms with Crippen LogP contribution in [-0.4, -0.2) is 18.4 Å². The third kappa shape index (κ3) is 4.93. The SMILES string of the molecule is O=C(CNC(=O)c1ccc(Cl)cc1)OCc1ccccc1. The van der Waals surface area contributed by atoms with E-state index in [0.29, 0.717) is 10.6 Å². The molecule has 2 aromatic rings. The third-order valence-corrected chi connectivity index (χ3v) is 2.99. The number of hydrogen-bond acceptors (Lipinski definition) is 3. The second-order valence-electron chi connectivity index (χ2n) is 4.34. The molecule has 0 aliphatic heterocycles. The monoisotopic (exact) mass is 303 g/mol. The number of hydrogen-bond donors (Lipinski definition) is 1. The maximum Gasteiger partial charge on any atom is 0.325 e. The van der Waals surface area contributed by atoms with E-state index in [0.717, 1.165) is 5.56 Å². The first-order chi connectivity index (χ1) is 10.1.